The Labute approximate surface area is 92.5 Å². The Balaban J connectivity index is 2.91. The molecule has 0 amide bonds. The average molecular weight is 202 g/mol. The summed E-state index contributed by atoms with van der Waals surface area (Å²) in [4.78, 5) is 0. The van der Waals surface area contributed by atoms with Crippen molar-refractivity contribution >= 4 is 0 Å². The number of ether oxygens (including phenoxy) is 1. The first kappa shape index (κ1) is 11.7. The molecule has 0 aliphatic rings. The Kier molecular flexibility index (Phi) is 4.24. The van der Waals surface area contributed by atoms with E-state index in [-0.39, 0.29) is 0 Å². The molecular formula is C14H18O. The van der Waals surface area contributed by atoms with Gasteiger partial charge < -0.3 is 4.74 Å². The molecule has 1 aromatic rings. The molecule has 15 heavy (non-hydrogen) atoms. The summed E-state index contributed by atoms with van der Waals surface area (Å²) < 4.78 is 5.23. The Hall–Kier alpha value is -1.42. The molecule has 0 fully saturated rings. The van der Waals surface area contributed by atoms with Crippen molar-refractivity contribution in [2.24, 2.45) is 0 Å². The molecule has 0 heterocycles. The molecule has 0 unspecified atom stereocenters. The van der Waals surface area contributed by atoms with E-state index in [1.165, 1.54) is 16.7 Å². The summed E-state index contributed by atoms with van der Waals surface area (Å²) in [5.41, 5.74) is 3.99. The standard InChI is InChI=1S/C14H18O/c1-5-6-7-8-14-11(2)9-13(15-4)10-12(14)3/h9-10H,7-8H2,1-4H3. The third-order valence-electron chi connectivity index (χ3n) is 2.58. The first-order chi connectivity index (χ1) is 7.19. The predicted molar refractivity (Wildman–Crippen MR) is 64.2 cm³/mol. The number of hydrogen-bond acceptors (Lipinski definition) is 1. The molecule has 0 aromatic heterocycles. The van der Waals surface area contributed by atoms with Crippen LogP contribution in [-0.4, -0.2) is 7.11 Å². The molecule has 0 N–H and O–H groups in total. The Morgan fingerprint density at radius 3 is 2.27 bits per heavy atom. The fourth-order valence-electron chi connectivity index (χ4n) is 1.78. The van der Waals surface area contributed by atoms with Crippen molar-refractivity contribution < 1.29 is 4.74 Å². The normalized spacial score (nSPS) is 9.33. The van der Waals surface area contributed by atoms with Gasteiger partial charge in [-0.2, -0.15) is 0 Å². The van der Waals surface area contributed by atoms with E-state index in [4.69, 9.17) is 4.74 Å². The number of aryl methyl sites for hydroxylation is 2. The molecule has 0 spiro atoms. The van der Waals surface area contributed by atoms with E-state index in [0.717, 1.165) is 18.6 Å². The maximum atomic E-state index is 5.23. The van der Waals surface area contributed by atoms with Crippen LogP contribution in [0.4, 0.5) is 0 Å². The van der Waals surface area contributed by atoms with E-state index < -0.39 is 0 Å². The summed E-state index contributed by atoms with van der Waals surface area (Å²) in [6.07, 6.45) is 1.97. The van der Waals surface area contributed by atoms with Crippen LogP contribution in [0.5, 0.6) is 5.75 Å². The number of benzene rings is 1. The molecule has 1 heteroatoms. The van der Waals surface area contributed by atoms with Crippen LogP contribution in [0.3, 0.4) is 0 Å². The second kappa shape index (κ2) is 5.46. The minimum absolute atomic E-state index is 0.935. The maximum Gasteiger partial charge on any atom is 0.119 e. The number of hydrogen-bond donors (Lipinski definition) is 0. The van der Waals surface area contributed by atoms with Crippen molar-refractivity contribution in [2.75, 3.05) is 7.11 Å². The van der Waals surface area contributed by atoms with Crippen LogP contribution in [0.1, 0.15) is 30.0 Å². The summed E-state index contributed by atoms with van der Waals surface area (Å²) in [5.74, 6) is 6.96. The van der Waals surface area contributed by atoms with E-state index >= 15 is 0 Å². The molecule has 0 saturated heterocycles. The Morgan fingerprint density at radius 1 is 1.20 bits per heavy atom. The van der Waals surface area contributed by atoms with E-state index in [2.05, 4.69) is 37.8 Å². The van der Waals surface area contributed by atoms with Crippen LogP contribution >= 0.6 is 0 Å². The highest BCUT2D eigenvalue weighted by molar-refractivity contribution is 5.41. The van der Waals surface area contributed by atoms with E-state index in [0.29, 0.717) is 0 Å². The lowest BCUT2D eigenvalue weighted by atomic mass is 9.98. The topological polar surface area (TPSA) is 9.23 Å². The van der Waals surface area contributed by atoms with Crippen molar-refractivity contribution in [3.05, 3.63) is 28.8 Å². The highest BCUT2D eigenvalue weighted by Gasteiger charge is 2.04. The zero-order valence-corrected chi connectivity index (χ0v) is 9.98. The van der Waals surface area contributed by atoms with Crippen LogP contribution < -0.4 is 4.74 Å². The zero-order chi connectivity index (χ0) is 11.3. The lowest BCUT2D eigenvalue weighted by Gasteiger charge is -2.10. The third kappa shape index (κ3) is 3.02. The highest BCUT2D eigenvalue weighted by atomic mass is 16.5. The van der Waals surface area contributed by atoms with Crippen LogP contribution in [-0.2, 0) is 6.42 Å². The summed E-state index contributed by atoms with van der Waals surface area (Å²) in [6.45, 7) is 6.14. The lowest BCUT2D eigenvalue weighted by Crippen LogP contribution is -1.95. The van der Waals surface area contributed by atoms with Gasteiger partial charge in [-0.3, -0.25) is 0 Å². The summed E-state index contributed by atoms with van der Waals surface area (Å²) in [6, 6.07) is 4.17. The van der Waals surface area contributed by atoms with Gasteiger partial charge in [0.05, 0.1) is 7.11 Å². The van der Waals surface area contributed by atoms with E-state index in [1.807, 2.05) is 6.92 Å². The van der Waals surface area contributed by atoms with Gasteiger partial charge in [0.25, 0.3) is 0 Å². The van der Waals surface area contributed by atoms with Gasteiger partial charge in [0.15, 0.2) is 0 Å². The smallest absolute Gasteiger partial charge is 0.119 e. The highest BCUT2D eigenvalue weighted by Crippen LogP contribution is 2.22. The molecular weight excluding hydrogens is 184 g/mol. The van der Waals surface area contributed by atoms with Gasteiger partial charge in [-0.25, -0.2) is 0 Å². The number of rotatable bonds is 3. The van der Waals surface area contributed by atoms with Crippen LogP contribution in [0, 0.1) is 25.7 Å². The Bertz CT molecular complexity index is 371. The molecule has 0 atom stereocenters. The minimum Gasteiger partial charge on any atom is -0.497 e. The molecule has 0 aliphatic carbocycles. The first-order valence-electron chi connectivity index (χ1n) is 5.22. The van der Waals surface area contributed by atoms with Gasteiger partial charge in [-0.05, 0) is 56.0 Å². The molecule has 0 radical (unpaired) electrons. The summed E-state index contributed by atoms with van der Waals surface area (Å²) in [5, 5.41) is 0. The average Bonchev–Trinajstić information content (AvgIpc) is 2.22. The van der Waals surface area contributed by atoms with Crippen molar-refractivity contribution in [3.63, 3.8) is 0 Å². The van der Waals surface area contributed by atoms with Gasteiger partial charge in [0.2, 0.25) is 0 Å². The second-order valence-corrected chi connectivity index (χ2v) is 3.67. The second-order valence-electron chi connectivity index (χ2n) is 3.67. The van der Waals surface area contributed by atoms with E-state index in [9.17, 15) is 0 Å². The molecule has 80 valence electrons. The van der Waals surface area contributed by atoms with Crippen LogP contribution in [0.25, 0.3) is 0 Å². The summed E-state index contributed by atoms with van der Waals surface area (Å²) >= 11 is 0. The molecule has 1 aromatic carbocycles. The number of methoxy groups -OCH3 is 1. The quantitative estimate of drug-likeness (QED) is 0.683. The fraction of sp³-hybridized carbons (Fsp3) is 0.429. The van der Waals surface area contributed by atoms with Crippen molar-refractivity contribution in [1.29, 1.82) is 0 Å². The van der Waals surface area contributed by atoms with Crippen molar-refractivity contribution in [1.82, 2.24) is 0 Å². The lowest BCUT2D eigenvalue weighted by molar-refractivity contribution is 0.414. The Morgan fingerprint density at radius 2 is 1.80 bits per heavy atom. The SMILES string of the molecule is CC#CCCc1c(C)cc(OC)cc1C. The van der Waals surface area contributed by atoms with Gasteiger partial charge in [-0.15, -0.1) is 11.8 Å². The molecule has 0 bridgehead atoms. The molecule has 1 nitrogen and oxygen atoms in total. The van der Waals surface area contributed by atoms with Crippen molar-refractivity contribution in [3.8, 4) is 17.6 Å². The molecule has 1 rings (SSSR count). The van der Waals surface area contributed by atoms with Gasteiger partial charge in [-0.1, -0.05) is 0 Å². The monoisotopic (exact) mass is 202 g/mol. The van der Waals surface area contributed by atoms with E-state index in [1.54, 1.807) is 7.11 Å². The predicted octanol–water partition coefficient (Wildman–Crippen LogP) is 3.27. The first-order valence-corrected chi connectivity index (χ1v) is 5.22. The fourth-order valence-corrected chi connectivity index (χ4v) is 1.78. The van der Waals surface area contributed by atoms with Crippen molar-refractivity contribution in [2.45, 2.75) is 33.6 Å². The third-order valence-corrected chi connectivity index (χ3v) is 2.58. The minimum atomic E-state index is 0.935. The zero-order valence-electron chi connectivity index (χ0n) is 9.98. The largest absolute Gasteiger partial charge is 0.497 e. The van der Waals surface area contributed by atoms with Gasteiger partial charge in [0, 0.05) is 6.42 Å². The molecule has 0 saturated carbocycles. The van der Waals surface area contributed by atoms with Crippen LogP contribution in [0.2, 0.25) is 0 Å². The molecule has 0 aliphatic heterocycles. The van der Waals surface area contributed by atoms with Gasteiger partial charge in [0.1, 0.15) is 5.75 Å². The van der Waals surface area contributed by atoms with Crippen LogP contribution in [0.15, 0.2) is 12.1 Å². The summed E-state index contributed by atoms with van der Waals surface area (Å²) in [7, 11) is 1.70. The maximum absolute atomic E-state index is 5.23. The van der Waals surface area contributed by atoms with Gasteiger partial charge >= 0.3 is 0 Å².